The summed E-state index contributed by atoms with van der Waals surface area (Å²) in [5, 5.41) is 6.40. The molecule has 29 heavy (non-hydrogen) atoms. The van der Waals surface area contributed by atoms with Crippen LogP contribution in [-0.4, -0.2) is 39.5 Å². The predicted octanol–water partition coefficient (Wildman–Crippen LogP) is 3.84. The maximum atomic E-state index is 13.6. The number of nitrogens with zero attached hydrogens (tertiary/aromatic N) is 1. The van der Waals surface area contributed by atoms with Crippen molar-refractivity contribution in [2.75, 3.05) is 25.1 Å². The summed E-state index contributed by atoms with van der Waals surface area (Å²) in [4.78, 5) is 5.69. The van der Waals surface area contributed by atoms with Crippen molar-refractivity contribution in [3.63, 3.8) is 0 Å². The first-order valence-electron chi connectivity index (χ1n) is 9.02. The second-order valence-electron chi connectivity index (χ2n) is 6.27. The SMILES string of the molecule is CCNC(=NCc1cc(F)ccc1CS(C)(=O)=O)NCCSc1ccccc1.I. The van der Waals surface area contributed by atoms with Gasteiger partial charge in [-0.25, -0.2) is 17.8 Å². The number of guanidine groups is 1. The number of hydrogen-bond acceptors (Lipinski definition) is 4. The van der Waals surface area contributed by atoms with E-state index in [1.54, 1.807) is 11.8 Å². The maximum absolute atomic E-state index is 13.6. The standard InChI is InChI=1S/C20H26FN3O2S2.HI/c1-3-22-20(23-11-12-27-19-7-5-4-6-8-19)24-14-17-13-18(21)10-9-16(17)15-28(2,25)26;/h4-10,13H,3,11-12,14-15H2,1-2H3,(H2,22,23,24);1H. The molecule has 2 aromatic rings. The Morgan fingerprint density at radius 1 is 1.10 bits per heavy atom. The first-order valence-corrected chi connectivity index (χ1v) is 12.1. The molecule has 0 heterocycles. The summed E-state index contributed by atoms with van der Waals surface area (Å²) in [6.07, 6.45) is 1.17. The van der Waals surface area contributed by atoms with Crippen molar-refractivity contribution in [2.24, 2.45) is 4.99 Å². The van der Waals surface area contributed by atoms with Crippen LogP contribution in [0.4, 0.5) is 4.39 Å². The number of rotatable bonds is 9. The Labute approximate surface area is 193 Å². The van der Waals surface area contributed by atoms with Crippen LogP contribution in [0.2, 0.25) is 0 Å². The molecule has 0 spiro atoms. The van der Waals surface area contributed by atoms with E-state index in [1.165, 1.54) is 29.4 Å². The van der Waals surface area contributed by atoms with Gasteiger partial charge in [-0.3, -0.25) is 0 Å². The van der Waals surface area contributed by atoms with Gasteiger partial charge in [0.15, 0.2) is 15.8 Å². The Balaban J connectivity index is 0.00000420. The van der Waals surface area contributed by atoms with E-state index in [2.05, 4.69) is 27.8 Å². The van der Waals surface area contributed by atoms with Gasteiger partial charge in [-0.05, 0) is 42.3 Å². The number of halogens is 2. The van der Waals surface area contributed by atoms with Gasteiger partial charge >= 0.3 is 0 Å². The molecule has 2 aromatic carbocycles. The van der Waals surface area contributed by atoms with Crippen LogP contribution in [0.3, 0.4) is 0 Å². The van der Waals surface area contributed by atoms with Gasteiger partial charge < -0.3 is 10.6 Å². The highest BCUT2D eigenvalue weighted by Gasteiger charge is 2.10. The fraction of sp³-hybridized carbons (Fsp3) is 0.350. The molecule has 0 atom stereocenters. The van der Waals surface area contributed by atoms with E-state index < -0.39 is 15.7 Å². The lowest BCUT2D eigenvalue weighted by atomic mass is 10.1. The first-order chi connectivity index (χ1) is 13.4. The summed E-state index contributed by atoms with van der Waals surface area (Å²) in [5.74, 6) is 0.953. The summed E-state index contributed by atoms with van der Waals surface area (Å²) < 4.78 is 36.9. The van der Waals surface area contributed by atoms with Gasteiger partial charge in [0.05, 0.1) is 12.3 Å². The molecule has 0 saturated heterocycles. The normalized spacial score (nSPS) is 11.6. The van der Waals surface area contributed by atoms with Gasteiger partial charge in [0.25, 0.3) is 0 Å². The smallest absolute Gasteiger partial charge is 0.191 e. The minimum atomic E-state index is -3.21. The number of hydrogen-bond donors (Lipinski definition) is 2. The number of nitrogens with one attached hydrogen (secondary N) is 2. The first kappa shape index (κ1) is 25.7. The third kappa shape index (κ3) is 10.3. The molecule has 0 aliphatic heterocycles. The van der Waals surface area contributed by atoms with Crippen molar-refractivity contribution in [1.82, 2.24) is 10.6 Å². The van der Waals surface area contributed by atoms with E-state index in [-0.39, 0.29) is 36.3 Å². The Hall–Kier alpha value is -1.33. The molecule has 0 saturated carbocycles. The molecule has 0 aromatic heterocycles. The van der Waals surface area contributed by atoms with Crippen molar-refractivity contribution in [2.45, 2.75) is 24.1 Å². The Bertz CT molecular complexity index is 894. The van der Waals surface area contributed by atoms with Crippen LogP contribution in [0.15, 0.2) is 58.4 Å². The topological polar surface area (TPSA) is 70.6 Å². The molecule has 160 valence electrons. The largest absolute Gasteiger partial charge is 0.357 e. The van der Waals surface area contributed by atoms with Gasteiger partial charge in [-0.2, -0.15) is 0 Å². The summed E-state index contributed by atoms with van der Waals surface area (Å²) in [7, 11) is -3.21. The summed E-state index contributed by atoms with van der Waals surface area (Å²) in [6, 6.07) is 14.3. The maximum Gasteiger partial charge on any atom is 0.191 e. The average molecular weight is 551 g/mol. The number of benzene rings is 2. The van der Waals surface area contributed by atoms with E-state index in [0.29, 0.717) is 30.2 Å². The van der Waals surface area contributed by atoms with Crippen molar-refractivity contribution >= 4 is 51.5 Å². The van der Waals surface area contributed by atoms with E-state index in [1.807, 2.05) is 25.1 Å². The molecular weight excluding hydrogens is 524 g/mol. The highest BCUT2D eigenvalue weighted by molar-refractivity contribution is 14.0. The van der Waals surface area contributed by atoms with E-state index in [9.17, 15) is 12.8 Å². The lowest BCUT2D eigenvalue weighted by Gasteiger charge is -2.12. The van der Waals surface area contributed by atoms with Crippen LogP contribution in [0.1, 0.15) is 18.1 Å². The molecule has 0 radical (unpaired) electrons. The van der Waals surface area contributed by atoms with Crippen molar-refractivity contribution in [3.8, 4) is 0 Å². The zero-order valence-corrected chi connectivity index (χ0v) is 20.5. The van der Waals surface area contributed by atoms with Gasteiger partial charge in [0, 0.05) is 30.0 Å². The van der Waals surface area contributed by atoms with Crippen LogP contribution in [-0.2, 0) is 22.1 Å². The van der Waals surface area contributed by atoms with Crippen LogP contribution in [0.25, 0.3) is 0 Å². The second-order valence-corrected chi connectivity index (χ2v) is 9.58. The average Bonchev–Trinajstić information content (AvgIpc) is 2.65. The second kappa shape index (κ2) is 13.1. The third-order valence-electron chi connectivity index (χ3n) is 3.74. The molecule has 5 nitrogen and oxygen atoms in total. The van der Waals surface area contributed by atoms with Gasteiger partial charge in [-0.15, -0.1) is 35.7 Å². The quantitative estimate of drug-likeness (QED) is 0.163. The van der Waals surface area contributed by atoms with Crippen molar-refractivity contribution < 1.29 is 12.8 Å². The molecule has 0 aliphatic carbocycles. The molecule has 0 fully saturated rings. The highest BCUT2D eigenvalue weighted by Crippen LogP contribution is 2.16. The van der Waals surface area contributed by atoms with Gasteiger partial charge in [-0.1, -0.05) is 24.3 Å². The molecule has 0 aliphatic rings. The molecule has 2 rings (SSSR count). The molecule has 0 unspecified atom stereocenters. The lowest BCUT2D eigenvalue weighted by molar-refractivity contribution is 0.600. The molecule has 2 N–H and O–H groups in total. The fourth-order valence-corrected chi connectivity index (χ4v) is 4.16. The third-order valence-corrected chi connectivity index (χ3v) is 5.59. The van der Waals surface area contributed by atoms with Crippen LogP contribution < -0.4 is 10.6 Å². The Morgan fingerprint density at radius 2 is 1.83 bits per heavy atom. The summed E-state index contributed by atoms with van der Waals surface area (Å²) in [5.41, 5.74) is 1.14. The van der Waals surface area contributed by atoms with Crippen LogP contribution >= 0.6 is 35.7 Å². The van der Waals surface area contributed by atoms with E-state index in [0.717, 1.165) is 5.75 Å². The van der Waals surface area contributed by atoms with Crippen LogP contribution in [0.5, 0.6) is 0 Å². The number of sulfone groups is 1. The Kier molecular flexibility index (Phi) is 11.6. The van der Waals surface area contributed by atoms with Gasteiger partial charge in [0.2, 0.25) is 0 Å². The molecule has 9 heteroatoms. The van der Waals surface area contributed by atoms with Crippen LogP contribution in [0, 0.1) is 5.82 Å². The van der Waals surface area contributed by atoms with E-state index in [4.69, 9.17) is 0 Å². The highest BCUT2D eigenvalue weighted by atomic mass is 127. The van der Waals surface area contributed by atoms with Gasteiger partial charge in [0.1, 0.15) is 5.82 Å². The Morgan fingerprint density at radius 3 is 2.48 bits per heavy atom. The predicted molar refractivity (Wildman–Crippen MR) is 130 cm³/mol. The number of aliphatic imine (C=N–C) groups is 1. The van der Waals surface area contributed by atoms with E-state index >= 15 is 0 Å². The zero-order valence-electron chi connectivity index (χ0n) is 16.5. The zero-order chi connectivity index (χ0) is 20.4. The fourth-order valence-electron chi connectivity index (χ4n) is 2.53. The van der Waals surface area contributed by atoms with Crippen molar-refractivity contribution in [1.29, 1.82) is 0 Å². The van der Waals surface area contributed by atoms with Crippen molar-refractivity contribution in [3.05, 3.63) is 65.5 Å². The molecule has 0 amide bonds. The summed E-state index contributed by atoms with van der Waals surface area (Å²) >= 11 is 1.74. The minimum absolute atomic E-state index is 0. The lowest BCUT2D eigenvalue weighted by Crippen LogP contribution is -2.38. The minimum Gasteiger partial charge on any atom is -0.357 e. The molecule has 0 bridgehead atoms. The summed E-state index contributed by atoms with van der Waals surface area (Å²) in [6.45, 7) is 3.57. The molecular formula is C20H27FIN3O2S2. The number of thioether (sulfide) groups is 1. The monoisotopic (exact) mass is 551 g/mol.